The van der Waals surface area contributed by atoms with E-state index in [1.165, 1.54) is 0 Å². The van der Waals surface area contributed by atoms with E-state index in [1.54, 1.807) is 45.9 Å². The van der Waals surface area contributed by atoms with Gasteiger partial charge in [0.2, 0.25) is 5.95 Å². The Morgan fingerprint density at radius 3 is 2.60 bits per heavy atom. The van der Waals surface area contributed by atoms with Crippen LogP contribution in [0, 0.1) is 0 Å². The van der Waals surface area contributed by atoms with E-state index < -0.39 is 0 Å². The molecule has 6 heteroatoms. The number of benzene rings is 2. The van der Waals surface area contributed by atoms with E-state index in [2.05, 4.69) is 4.98 Å². The number of para-hydroxylation sites is 1. The second kappa shape index (κ2) is 6.14. The van der Waals surface area contributed by atoms with E-state index in [0.29, 0.717) is 41.9 Å². The van der Waals surface area contributed by atoms with Crippen LogP contribution in [0.4, 0.5) is 5.95 Å². The van der Waals surface area contributed by atoms with Gasteiger partial charge in [-0.3, -0.25) is 19.1 Å². The number of nitrogens with zero attached hydrogens (tertiary/aromatic N) is 3. The maximum Gasteiger partial charge on any atom is 0.262 e. The first-order valence-corrected chi connectivity index (χ1v) is 8.20. The monoisotopic (exact) mass is 335 g/mol. The highest BCUT2D eigenvalue weighted by Crippen LogP contribution is 2.22. The third-order valence-electron chi connectivity index (χ3n) is 4.47. The topological polar surface area (TPSA) is 75.4 Å². The summed E-state index contributed by atoms with van der Waals surface area (Å²) in [5, 5.41) is 9.70. The number of aliphatic hydroxyl groups excluding tert-OH is 1. The summed E-state index contributed by atoms with van der Waals surface area (Å²) in [7, 11) is 0. The largest absolute Gasteiger partial charge is 0.392 e. The Bertz CT molecular complexity index is 1010. The Balaban J connectivity index is 1.80. The number of amides is 1. The lowest BCUT2D eigenvalue weighted by Crippen LogP contribution is -2.42. The number of aliphatic hydroxyl groups is 1. The molecule has 0 unspecified atom stereocenters. The lowest BCUT2D eigenvalue weighted by Gasteiger charge is -2.29. The molecule has 1 N–H and O–H groups in total. The molecular formula is C19H17N3O3. The zero-order valence-corrected chi connectivity index (χ0v) is 13.6. The first kappa shape index (κ1) is 15.5. The first-order valence-electron chi connectivity index (χ1n) is 8.20. The van der Waals surface area contributed by atoms with Crippen molar-refractivity contribution in [1.29, 1.82) is 0 Å². The van der Waals surface area contributed by atoms with Crippen molar-refractivity contribution in [3.05, 3.63) is 70.0 Å². The summed E-state index contributed by atoms with van der Waals surface area (Å²) < 4.78 is 1.58. The minimum atomic E-state index is -0.194. The van der Waals surface area contributed by atoms with Crippen LogP contribution in [-0.4, -0.2) is 27.1 Å². The van der Waals surface area contributed by atoms with E-state index in [9.17, 15) is 9.59 Å². The number of fused-ring (bicyclic) bond motifs is 2. The van der Waals surface area contributed by atoms with Gasteiger partial charge in [0, 0.05) is 18.7 Å². The van der Waals surface area contributed by atoms with E-state index in [0.717, 1.165) is 5.56 Å². The molecule has 3 aromatic rings. The van der Waals surface area contributed by atoms with Gasteiger partial charge < -0.3 is 5.11 Å². The molecule has 2 heterocycles. The normalized spacial score (nSPS) is 13.7. The predicted octanol–water partition coefficient (Wildman–Crippen LogP) is 1.94. The van der Waals surface area contributed by atoms with Crippen LogP contribution in [0.1, 0.15) is 22.3 Å². The summed E-state index contributed by atoms with van der Waals surface area (Å²) >= 11 is 0. The fourth-order valence-corrected chi connectivity index (χ4v) is 3.15. The van der Waals surface area contributed by atoms with Gasteiger partial charge in [-0.05, 0) is 36.2 Å². The predicted molar refractivity (Wildman–Crippen MR) is 94.7 cm³/mol. The smallest absolute Gasteiger partial charge is 0.262 e. The molecule has 0 radical (unpaired) electrons. The average molecular weight is 335 g/mol. The molecule has 0 spiro atoms. The van der Waals surface area contributed by atoms with Crippen molar-refractivity contribution in [1.82, 2.24) is 9.55 Å². The minimum Gasteiger partial charge on any atom is -0.392 e. The molecule has 1 amide bonds. The highest BCUT2D eigenvalue weighted by atomic mass is 16.3. The molecule has 1 aliphatic heterocycles. The SMILES string of the molecule is O=C(c1ccc(CO)cc1)N1CCCn2c1nc1ccccc1c2=O. The fourth-order valence-electron chi connectivity index (χ4n) is 3.15. The second-order valence-electron chi connectivity index (χ2n) is 6.05. The van der Waals surface area contributed by atoms with E-state index in [1.807, 2.05) is 12.1 Å². The van der Waals surface area contributed by atoms with Crippen LogP contribution in [0.2, 0.25) is 0 Å². The lowest BCUT2D eigenvalue weighted by molar-refractivity contribution is 0.0980. The van der Waals surface area contributed by atoms with Gasteiger partial charge in [0.25, 0.3) is 11.5 Å². The van der Waals surface area contributed by atoms with Gasteiger partial charge in [-0.1, -0.05) is 24.3 Å². The Morgan fingerprint density at radius 2 is 1.84 bits per heavy atom. The summed E-state index contributed by atoms with van der Waals surface area (Å²) in [6, 6.07) is 14.0. The number of carbonyl (C=O) groups excluding carboxylic acids is 1. The van der Waals surface area contributed by atoms with Crippen molar-refractivity contribution >= 4 is 22.8 Å². The number of hydrogen-bond acceptors (Lipinski definition) is 4. The summed E-state index contributed by atoms with van der Waals surface area (Å²) in [5.41, 5.74) is 1.73. The third-order valence-corrected chi connectivity index (χ3v) is 4.47. The molecule has 0 bridgehead atoms. The molecule has 0 fully saturated rings. The minimum absolute atomic E-state index is 0.0655. The number of rotatable bonds is 2. The molecule has 6 nitrogen and oxygen atoms in total. The van der Waals surface area contributed by atoms with Crippen LogP contribution in [0.3, 0.4) is 0 Å². The van der Waals surface area contributed by atoms with Gasteiger partial charge in [0.15, 0.2) is 0 Å². The molecule has 126 valence electrons. The number of aromatic nitrogens is 2. The maximum atomic E-state index is 12.9. The van der Waals surface area contributed by atoms with Gasteiger partial charge in [0.05, 0.1) is 17.5 Å². The van der Waals surface area contributed by atoms with Crippen molar-refractivity contribution in [2.24, 2.45) is 0 Å². The summed E-state index contributed by atoms with van der Waals surface area (Å²) in [6.45, 7) is 1.01. The van der Waals surface area contributed by atoms with Crippen molar-refractivity contribution in [3.63, 3.8) is 0 Å². The number of carbonyl (C=O) groups is 1. The Morgan fingerprint density at radius 1 is 1.08 bits per heavy atom. The molecular weight excluding hydrogens is 318 g/mol. The quantitative estimate of drug-likeness (QED) is 0.776. The molecule has 2 aromatic carbocycles. The zero-order valence-electron chi connectivity index (χ0n) is 13.6. The molecule has 0 saturated heterocycles. The molecule has 0 saturated carbocycles. The second-order valence-corrected chi connectivity index (χ2v) is 6.05. The average Bonchev–Trinajstić information content (AvgIpc) is 2.67. The van der Waals surface area contributed by atoms with Gasteiger partial charge >= 0.3 is 0 Å². The van der Waals surface area contributed by atoms with Gasteiger partial charge in [-0.15, -0.1) is 0 Å². The Labute approximate surface area is 144 Å². The Kier molecular flexibility index (Phi) is 3.82. The Hall–Kier alpha value is -2.99. The van der Waals surface area contributed by atoms with Crippen LogP contribution in [0.15, 0.2) is 53.3 Å². The van der Waals surface area contributed by atoms with E-state index in [-0.39, 0.29) is 18.1 Å². The van der Waals surface area contributed by atoms with Crippen molar-refractivity contribution in [3.8, 4) is 0 Å². The fraction of sp³-hybridized carbons (Fsp3) is 0.211. The van der Waals surface area contributed by atoms with Crippen LogP contribution >= 0.6 is 0 Å². The molecule has 1 aromatic heterocycles. The highest BCUT2D eigenvalue weighted by molar-refractivity contribution is 6.05. The van der Waals surface area contributed by atoms with Crippen LogP contribution < -0.4 is 10.5 Å². The molecule has 0 aliphatic carbocycles. The number of anilines is 1. The summed E-state index contributed by atoms with van der Waals surface area (Å²) in [6.07, 6.45) is 0.702. The van der Waals surface area contributed by atoms with E-state index >= 15 is 0 Å². The summed E-state index contributed by atoms with van der Waals surface area (Å²) in [5.74, 6) is 0.200. The van der Waals surface area contributed by atoms with Gasteiger partial charge in [0.1, 0.15) is 0 Å². The maximum absolute atomic E-state index is 12.9. The van der Waals surface area contributed by atoms with Crippen molar-refractivity contribution < 1.29 is 9.90 Å². The van der Waals surface area contributed by atoms with Crippen LogP contribution in [-0.2, 0) is 13.2 Å². The van der Waals surface area contributed by atoms with Crippen LogP contribution in [0.25, 0.3) is 10.9 Å². The number of hydrogen-bond donors (Lipinski definition) is 1. The van der Waals surface area contributed by atoms with Crippen molar-refractivity contribution in [2.75, 3.05) is 11.4 Å². The molecule has 1 aliphatic rings. The standard InChI is InChI=1S/C19H17N3O3/c23-12-13-6-8-14(9-7-13)17(24)21-10-3-11-22-18(25)15-4-1-2-5-16(15)20-19(21)22/h1-2,4-9,23H,3,10-12H2. The first-order chi connectivity index (χ1) is 12.2. The highest BCUT2D eigenvalue weighted by Gasteiger charge is 2.26. The lowest BCUT2D eigenvalue weighted by atomic mass is 10.1. The van der Waals surface area contributed by atoms with Crippen LogP contribution in [0.5, 0.6) is 0 Å². The molecule has 4 rings (SSSR count). The molecule has 25 heavy (non-hydrogen) atoms. The molecule has 0 atom stereocenters. The van der Waals surface area contributed by atoms with Gasteiger partial charge in [-0.2, -0.15) is 0 Å². The van der Waals surface area contributed by atoms with E-state index in [4.69, 9.17) is 5.11 Å². The third kappa shape index (κ3) is 2.60. The summed E-state index contributed by atoms with van der Waals surface area (Å²) in [4.78, 5) is 31.8. The van der Waals surface area contributed by atoms with Crippen molar-refractivity contribution in [2.45, 2.75) is 19.6 Å². The zero-order chi connectivity index (χ0) is 17.4. The van der Waals surface area contributed by atoms with Gasteiger partial charge in [-0.25, -0.2) is 4.98 Å².